The van der Waals surface area contributed by atoms with Gasteiger partial charge in [0.25, 0.3) is 0 Å². The Balaban J connectivity index is 2.41. The van der Waals surface area contributed by atoms with Crippen LogP contribution in [-0.2, 0) is 0 Å². The number of hydrogen-bond acceptors (Lipinski definition) is 2. The van der Waals surface area contributed by atoms with E-state index in [9.17, 15) is 5.11 Å². The number of likely N-dealkylation sites (tertiary alicyclic amines) is 1. The van der Waals surface area contributed by atoms with Crippen molar-refractivity contribution in [1.82, 2.24) is 4.90 Å². The first-order valence-corrected chi connectivity index (χ1v) is 3.88. The quantitative estimate of drug-likeness (QED) is 0.357. The lowest BCUT2D eigenvalue weighted by Crippen LogP contribution is -2.35. The van der Waals surface area contributed by atoms with Crippen molar-refractivity contribution < 1.29 is 5.11 Å². The van der Waals surface area contributed by atoms with Gasteiger partial charge >= 0.3 is 0 Å². The summed E-state index contributed by atoms with van der Waals surface area (Å²) < 4.78 is 0. The summed E-state index contributed by atoms with van der Waals surface area (Å²) in [5.74, 6) is 0.409. The van der Waals surface area contributed by atoms with Crippen LogP contribution in [0.5, 0.6) is 0 Å². The third-order valence-electron chi connectivity index (χ3n) is 2.25. The first kappa shape index (κ1) is 8.33. The Labute approximate surface area is 66.5 Å². The first-order chi connectivity index (χ1) is 5.11. The molecule has 1 heterocycles. The van der Waals surface area contributed by atoms with E-state index < -0.39 is 0 Å². The summed E-state index contributed by atoms with van der Waals surface area (Å²) in [6.45, 7) is 3.33. The summed E-state index contributed by atoms with van der Waals surface area (Å²) in [4.78, 5) is 1.79. The van der Waals surface area contributed by atoms with E-state index in [0.717, 1.165) is 19.5 Å². The maximum Gasteiger partial charge on any atom is 0.188 e. The highest BCUT2D eigenvalue weighted by atomic mass is 16.3. The van der Waals surface area contributed by atoms with E-state index in [1.54, 1.807) is 11.8 Å². The average Bonchev–Trinajstić information content (AvgIpc) is 2.33. The summed E-state index contributed by atoms with van der Waals surface area (Å²) >= 11 is 0. The van der Waals surface area contributed by atoms with Crippen LogP contribution >= 0.6 is 0 Å². The van der Waals surface area contributed by atoms with Crippen molar-refractivity contribution in [3.8, 4) is 0 Å². The van der Waals surface area contributed by atoms with Gasteiger partial charge < -0.3 is 15.7 Å². The third-order valence-corrected chi connectivity index (χ3v) is 2.25. The predicted octanol–water partition coefficient (Wildman–Crippen LogP) is -0.417. The molecule has 4 nitrogen and oxygen atoms in total. The van der Waals surface area contributed by atoms with Crippen LogP contribution in [0.4, 0.5) is 0 Å². The molecule has 0 unspecified atom stereocenters. The number of hydrogen-bond donors (Lipinski definition) is 3. The molecule has 2 atom stereocenters. The third kappa shape index (κ3) is 1.83. The van der Waals surface area contributed by atoms with Crippen molar-refractivity contribution >= 4 is 5.96 Å². The predicted molar refractivity (Wildman–Crippen MR) is 43.3 cm³/mol. The van der Waals surface area contributed by atoms with E-state index in [-0.39, 0.29) is 12.1 Å². The van der Waals surface area contributed by atoms with Gasteiger partial charge in [-0.15, -0.1) is 0 Å². The number of nitrogens with two attached hydrogens (primary N) is 1. The molecule has 0 aromatic heterocycles. The van der Waals surface area contributed by atoms with Gasteiger partial charge in [-0.2, -0.15) is 0 Å². The van der Waals surface area contributed by atoms with Crippen LogP contribution in [0.1, 0.15) is 13.3 Å². The van der Waals surface area contributed by atoms with Gasteiger partial charge in [-0.3, -0.25) is 5.41 Å². The molecule has 4 N–H and O–H groups in total. The van der Waals surface area contributed by atoms with Gasteiger partial charge in [-0.1, -0.05) is 0 Å². The van der Waals surface area contributed by atoms with Crippen LogP contribution in [0.15, 0.2) is 0 Å². The maximum atomic E-state index is 9.21. The van der Waals surface area contributed by atoms with E-state index in [0.29, 0.717) is 5.92 Å². The fourth-order valence-corrected chi connectivity index (χ4v) is 1.40. The number of aliphatic hydroxyl groups excluding tert-OH is 1. The minimum absolute atomic E-state index is 0.119. The largest absolute Gasteiger partial charge is 0.393 e. The minimum Gasteiger partial charge on any atom is -0.393 e. The van der Waals surface area contributed by atoms with Gasteiger partial charge in [0, 0.05) is 19.0 Å². The molecule has 1 aliphatic rings. The van der Waals surface area contributed by atoms with E-state index in [4.69, 9.17) is 11.1 Å². The monoisotopic (exact) mass is 157 g/mol. The molecule has 0 saturated carbocycles. The van der Waals surface area contributed by atoms with E-state index >= 15 is 0 Å². The molecule has 0 bridgehead atoms. The van der Waals surface area contributed by atoms with E-state index in [2.05, 4.69) is 0 Å². The van der Waals surface area contributed by atoms with Gasteiger partial charge in [0.15, 0.2) is 5.96 Å². The number of rotatable bonds is 1. The minimum atomic E-state index is -0.278. The fourth-order valence-electron chi connectivity index (χ4n) is 1.40. The van der Waals surface area contributed by atoms with Crippen molar-refractivity contribution in [2.75, 3.05) is 13.1 Å². The van der Waals surface area contributed by atoms with Gasteiger partial charge in [0.05, 0.1) is 6.10 Å². The Hall–Kier alpha value is -0.770. The molecule has 0 aromatic rings. The second-order valence-corrected chi connectivity index (χ2v) is 3.12. The zero-order chi connectivity index (χ0) is 8.43. The second-order valence-electron chi connectivity index (χ2n) is 3.12. The summed E-state index contributed by atoms with van der Waals surface area (Å²) in [6.07, 6.45) is 0.663. The van der Waals surface area contributed by atoms with Gasteiger partial charge in [0.1, 0.15) is 0 Å². The lowest BCUT2D eigenvalue weighted by molar-refractivity contribution is 0.132. The first-order valence-electron chi connectivity index (χ1n) is 3.88. The number of nitrogens with zero attached hydrogens (tertiary/aromatic N) is 1. The van der Waals surface area contributed by atoms with Crippen LogP contribution < -0.4 is 5.73 Å². The van der Waals surface area contributed by atoms with E-state index in [1.165, 1.54) is 0 Å². The summed E-state index contributed by atoms with van der Waals surface area (Å²) in [7, 11) is 0. The topological polar surface area (TPSA) is 73.3 Å². The summed E-state index contributed by atoms with van der Waals surface area (Å²) in [6, 6.07) is 0. The van der Waals surface area contributed by atoms with Gasteiger partial charge in [0.2, 0.25) is 0 Å². The van der Waals surface area contributed by atoms with Gasteiger partial charge in [-0.25, -0.2) is 0 Å². The molecule has 64 valence electrons. The van der Waals surface area contributed by atoms with Gasteiger partial charge in [-0.05, 0) is 13.3 Å². The molecule has 1 fully saturated rings. The zero-order valence-corrected chi connectivity index (χ0v) is 6.75. The second kappa shape index (κ2) is 3.09. The molecule has 0 aromatic carbocycles. The Kier molecular flexibility index (Phi) is 2.34. The molecule has 0 amide bonds. The van der Waals surface area contributed by atoms with Crippen molar-refractivity contribution in [3.63, 3.8) is 0 Å². The highest BCUT2D eigenvalue weighted by molar-refractivity contribution is 5.74. The normalized spacial score (nSPS) is 27.1. The van der Waals surface area contributed by atoms with Crippen LogP contribution in [0.2, 0.25) is 0 Å². The Morgan fingerprint density at radius 2 is 2.45 bits per heavy atom. The molecule has 4 heteroatoms. The molecular weight excluding hydrogens is 142 g/mol. The molecule has 1 aliphatic heterocycles. The Morgan fingerprint density at radius 1 is 1.82 bits per heavy atom. The van der Waals surface area contributed by atoms with Crippen molar-refractivity contribution in [2.24, 2.45) is 11.7 Å². The highest BCUT2D eigenvalue weighted by Gasteiger charge is 2.26. The lowest BCUT2D eigenvalue weighted by Gasteiger charge is -2.16. The Morgan fingerprint density at radius 3 is 2.73 bits per heavy atom. The maximum absolute atomic E-state index is 9.21. The van der Waals surface area contributed by atoms with Crippen LogP contribution in [0.25, 0.3) is 0 Å². The molecule has 1 saturated heterocycles. The van der Waals surface area contributed by atoms with Crippen LogP contribution in [0, 0.1) is 11.3 Å². The average molecular weight is 157 g/mol. The summed E-state index contributed by atoms with van der Waals surface area (Å²) in [5.41, 5.74) is 5.29. The van der Waals surface area contributed by atoms with Crippen molar-refractivity contribution in [2.45, 2.75) is 19.4 Å². The fraction of sp³-hybridized carbons (Fsp3) is 0.857. The smallest absolute Gasteiger partial charge is 0.188 e. The summed E-state index contributed by atoms with van der Waals surface area (Å²) in [5, 5.41) is 16.4. The molecule has 11 heavy (non-hydrogen) atoms. The SMILES string of the molecule is C[C@H](O)[C@@H]1CCN(C(=N)N)C1. The van der Waals surface area contributed by atoms with Crippen LogP contribution in [0.3, 0.4) is 0 Å². The molecule has 1 rings (SSSR count). The van der Waals surface area contributed by atoms with E-state index in [1.807, 2.05) is 0 Å². The standard InChI is InChI=1S/C7H15N3O/c1-5(11)6-2-3-10(4-6)7(8)9/h5-6,11H,2-4H2,1H3,(H3,8,9)/t5-,6+/m0/s1. The molecular formula is C7H15N3O. The zero-order valence-electron chi connectivity index (χ0n) is 6.75. The van der Waals surface area contributed by atoms with Crippen molar-refractivity contribution in [1.29, 1.82) is 5.41 Å². The number of aliphatic hydroxyl groups is 1. The lowest BCUT2D eigenvalue weighted by atomic mass is 10.0. The highest BCUT2D eigenvalue weighted by Crippen LogP contribution is 2.18. The molecule has 0 spiro atoms. The molecule has 0 aliphatic carbocycles. The number of nitrogens with one attached hydrogen (secondary N) is 1. The van der Waals surface area contributed by atoms with Crippen molar-refractivity contribution in [3.05, 3.63) is 0 Å². The van der Waals surface area contributed by atoms with Crippen LogP contribution in [-0.4, -0.2) is 35.2 Å². The Bertz CT molecular complexity index is 158. The number of guanidine groups is 1. The molecule has 0 radical (unpaired) electrons.